The fourth-order valence-electron chi connectivity index (χ4n) is 3.30. The zero-order valence-electron chi connectivity index (χ0n) is 16.2. The lowest BCUT2D eigenvalue weighted by Crippen LogP contribution is -2.45. The van der Waals surface area contributed by atoms with Gasteiger partial charge in [0.1, 0.15) is 11.4 Å². The van der Waals surface area contributed by atoms with Gasteiger partial charge in [0, 0.05) is 25.6 Å². The third-order valence-electron chi connectivity index (χ3n) is 4.59. The fourth-order valence-corrected chi connectivity index (χ4v) is 3.30. The highest BCUT2D eigenvalue weighted by atomic mass is 19.1. The Balaban J connectivity index is 1.69. The number of para-hydroxylation sites is 1. The number of rotatable bonds is 4. The van der Waals surface area contributed by atoms with E-state index in [0.29, 0.717) is 12.5 Å². The van der Waals surface area contributed by atoms with E-state index in [4.69, 9.17) is 9.47 Å². The Labute approximate surface area is 159 Å². The molecule has 2 N–H and O–H groups in total. The Kier molecular flexibility index (Phi) is 5.54. The van der Waals surface area contributed by atoms with Gasteiger partial charge in [-0.3, -0.25) is 4.99 Å². The summed E-state index contributed by atoms with van der Waals surface area (Å²) in [5.74, 6) is 1.41. The first-order valence-corrected chi connectivity index (χ1v) is 8.99. The van der Waals surface area contributed by atoms with Crippen molar-refractivity contribution in [2.45, 2.75) is 38.5 Å². The van der Waals surface area contributed by atoms with Crippen molar-refractivity contribution in [1.29, 1.82) is 0 Å². The Hall–Kier alpha value is -2.76. The van der Waals surface area contributed by atoms with Crippen molar-refractivity contribution in [3.63, 3.8) is 0 Å². The van der Waals surface area contributed by atoms with Gasteiger partial charge in [-0.25, -0.2) is 4.39 Å². The number of methoxy groups -OCH3 is 1. The van der Waals surface area contributed by atoms with Crippen LogP contribution in [0.5, 0.6) is 11.5 Å². The minimum absolute atomic E-state index is 0.0729. The van der Waals surface area contributed by atoms with Crippen molar-refractivity contribution >= 4 is 5.96 Å². The summed E-state index contributed by atoms with van der Waals surface area (Å²) in [6, 6.07) is 13.0. The third kappa shape index (κ3) is 4.51. The zero-order valence-corrected chi connectivity index (χ0v) is 16.2. The Morgan fingerprint density at radius 2 is 2.07 bits per heavy atom. The summed E-state index contributed by atoms with van der Waals surface area (Å²) in [7, 11) is 3.18. The number of halogens is 1. The van der Waals surface area contributed by atoms with Gasteiger partial charge in [-0.15, -0.1) is 0 Å². The molecule has 5 nitrogen and oxygen atoms in total. The maximum absolute atomic E-state index is 13.9. The van der Waals surface area contributed by atoms with Crippen LogP contribution in [-0.4, -0.2) is 25.7 Å². The Morgan fingerprint density at radius 3 is 2.78 bits per heavy atom. The summed E-state index contributed by atoms with van der Waals surface area (Å²) in [6.07, 6.45) is 0.807. The average Bonchev–Trinajstić information content (AvgIpc) is 2.64. The lowest BCUT2D eigenvalue weighted by atomic mass is 9.90. The molecule has 1 unspecified atom stereocenters. The summed E-state index contributed by atoms with van der Waals surface area (Å²) in [5, 5.41) is 6.71. The van der Waals surface area contributed by atoms with Crippen molar-refractivity contribution in [2.24, 2.45) is 4.99 Å². The first kappa shape index (κ1) is 19.0. The van der Waals surface area contributed by atoms with Crippen molar-refractivity contribution in [2.75, 3.05) is 14.2 Å². The molecule has 1 heterocycles. The van der Waals surface area contributed by atoms with Crippen LogP contribution in [0.4, 0.5) is 4.39 Å². The van der Waals surface area contributed by atoms with Gasteiger partial charge in [0.2, 0.25) is 0 Å². The van der Waals surface area contributed by atoms with Gasteiger partial charge in [0.15, 0.2) is 17.5 Å². The molecule has 1 aliphatic heterocycles. The number of benzene rings is 2. The molecule has 0 saturated carbocycles. The van der Waals surface area contributed by atoms with Crippen molar-refractivity contribution in [3.8, 4) is 11.5 Å². The maximum atomic E-state index is 13.9. The molecule has 0 radical (unpaired) electrons. The van der Waals surface area contributed by atoms with Gasteiger partial charge in [-0.1, -0.05) is 24.3 Å². The fraction of sp³-hybridized carbons (Fsp3) is 0.381. The molecule has 6 heteroatoms. The van der Waals surface area contributed by atoms with Crippen LogP contribution in [0.2, 0.25) is 0 Å². The van der Waals surface area contributed by atoms with Gasteiger partial charge >= 0.3 is 0 Å². The number of nitrogens with zero attached hydrogens (tertiary/aromatic N) is 1. The molecule has 2 aromatic carbocycles. The van der Waals surface area contributed by atoms with Gasteiger partial charge in [0.05, 0.1) is 13.2 Å². The van der Waals surface area contributed by atoms with Gasteiger partial charge in [-0.05, 0) is 37.6 Å². The third-order valence-corrected chi connectivity index (χ3v) is 4.59. The van der Waals surface area contributed by atoms with E-state index in [-0.39, 0.29) is 23.2 Å². The Morgan fingerprint density at radius 1 is 1.30 bits per heavy atom. The molecule has 3 rings (SSSR count). The van der Waals surface area contributed by atoms with Crippen molar-refractivity contribution in [3.05, 3.63) is 59.4 Å². The smallest absolute Gasteiger partial charge is 0.191 e. The molecule has 144 valence electrons. The molecule has 0 aliphatic carbocycles. The second kappa shape index (κ2) is 7.86. The minimum atomic E-state index is -0.375. The maximum Gasteiger partial charge on any atom is 0.191 e. The largest absolute Gasteiger partial charge is 0.494 e. The van der Waals surface area contributed by atoms with Crippen LogP contribution in [0.1, 0.15) is 37.4 Å². The van der Waals surface area contributed by atoms with Crippen LogP contribution in [0.3, 0.4) is 0 Å². The number of hydrogen-bond donors (Lipinski definition) is 2. The van der Waals surface area contributed by atoms with Crippen LogP contribution in [-0.2, 0) is 6.54 Å². The summed E-state index contributed by atoms with van der Waals surface area (Å²) in [5.41, 5.74) is 1.64. The molecule has 0 aromatic heterocycles. The number of guanidine groups is 1. The van der Waals surface area contributed by atoms with E-state index >= 15 is 0 Å². The number of fused-ring (bicyclic) bond motifs is 1. The van der Waals surface area contributed by atoms with E-state index < -0.39 is 0 Å². The molecule has 1 aliphatic rings. The van der Waals surface area contributed by atoms with E-state index in [1.807, 2.05) is 24.3 Å². The SMILES string of the molecule is CN=C(NCc1ccc(OC)c(F)c1)NC1CC(C)(C)Oc2ccccc21. The predicted molar refractivity (Wildman–Crippen MR) is 105 cm³/mol. The molecular formula is C21H26FN3O2. The molecule has 0 fully saturated rings. The second-order valence-electron chi connectivity index (χ2n) is 7.20. The van der Waals surface area contributed by atoms with Crippen LogP contribution >= 0.6 is 0 Å². The first-order valence-electron chi connectivity index (χ1n) is 8.99. The standard InChI is InChI=1S/C21H26FN3O2/c1-21(2)12-17(15-7-5-6-8-18(15)27-21)25-20(23-3)24-13-14-9-10-19(26-4)16(22)11-14/h5-11,17H,12-13H2,1-4H3,(H2,23,24,25). The molecule has 0 saturated heterocycles. The Bertz CT molecular complexity index is 836. The quantitative estimate of drug-likeness (QED) is 0.634. The predicted octanol–water partition coefficient (Wildman–Crippen LogP) is 3.80. The van der Waals surface area contributed by atoms with Crippen LogP contribution in [0.25, 0.3) is 0 Å². The highest BCUT2D eigenvalue weighted by Gasteiger charge is 2.33. The summed E-state index contributed by atoms with van der Waals surface area (Å²) < 4.78 is 24.9. The van der Waals surface area contributed by atoms with Gasteiger partial charge in [0.25, 0.3) is 0 Å². The lowest BCUT2D eigenvalue weighted by molar-refractivity contribution is 0.0694. The molecule has 27 heavy (non-hydrogen) atoms. The highest BCUT2D eigenvalue weighted by Crippen LogP contribution is 2.39. The topological polar surface area (TPSA) is 54.9 Å². The van der Waals surface area contributed by atoms with Crippen LogP contribution < -0.4 is 20.1 Å². The van der Waals surface area contributed by atoms with Crippen LogP contribution in [0, 0.1) is 5.82 Å². The molecule has 0 amide bonds. The zero-order chi connectivity index (χ0) is 19.4. The van der Waals surface area contributed by atoms with Crippen LogP contribution in [0.15, 0.2) is 47.5 Å². The highest BCUT2D eigenvalue weighted by molar-refractivity contribution is 5.80. The summed E-state index contributed by atoms with van der Waals surface area (Å²) in [4.78, 5) is 4.31. The van der Waals surface area contributed by atoms with Gasteiger partial charge in [-0.2, -0.15) is 0 Å². The molecule has 0 spiro atoms. The number of ether oxygens (including phenoxy) is 2. The summed E-state index contributed by atoms with van der Waals surface area (Å²) >= 11 is 0. The average molecular weight is 371 g/mol. The normalized spacial score (nSPS) is 18.3. The number of aliphatic imine (C=N–C) groups is 1. The monoisotopic (exact) mass is 371 g/mol. The van der Waals surface area contributed by atoms with Crippen molar-refractivity contribution in [1.82, 2.24) is 10.6 Å². The lowest BCUT2D eigenvalue weighted by Gasteiger charge is -2.38. The molecule has 2 aromatic rings. The number of nitrogens with one attached hydrogen (secondary N) is 2. The van der Waals surface area contributed by atoms with E-state index in [0.717, 1.165) is 23.3 Å². The molecule has 0 bridgehead atoms. The summed E-state index contributed by atoms with van der Waals surface area (Å²) in [6.45, 7) is 4.61. The van der Waals surface area contributed by atoms with E-state index in [1.165, 1.54) is 13.2 Å². The molecular weight excluding hydrogens is 345 g/mol. The first-order chi connectivity index (χ1) is 12.9. The van der Waals surface area contributed by atoms with Gasteiger partial charge < -0.3 is 20.1 Å². The van der Waals surface area contributed by atoms with E-state index in [1.54, 1.807) is 13.1 Å². The molecule has 1 atom stereocenters. The van der Waals surface area contributed by atoms with E-state index in [2.05, 4.69) is 35.5 Å². The minimum Gasteiger partial charge on any atom is -0.494 e. The van der Waals surface area contributed by atoms with Crippen molar-refractivity contribution < 1.29 is 13.9 Å². The second-order valence-corrected chi connectivity index (χ2v) is 7.20. The number of hydrogen-bond acceptors (Lipinski definition) is 3. The van der Waals surface area contributed by atoms with E-state index in [9.17, 15) is 4.39 Å².